The summed E-state index contributed by atoms with van der Waals surface area (Å²) in [5.74, 6) is -0.980. The number of H-pyrrole nitrogens is 1. The van der Waals surface area contributed by atoms with Crippen LogP contribution in [0.25, 0.3) is 0 Å². The predicted octanol–water partition coefficient (Wildman–Crippen LogP) is 1.85. The summed E-state index contributed by atoms with van der Waals surface area (Å²) < 4.78 is 44.6. The second-order valence-corrected chi connectivity index (χ2v) is 3.37. The Hall–Kier alpha value is -2.25. The first-order valence-electron chi connectivity index (χ1n) is 4.82. The number of benzene rings is 1. The molecule has 5 nitrogen and oxygen atoms in total. The minimum absolute atomic E-state index is 0.0298. The smallest absolute Gasteiger partial charge is 0.405 e. The third kappa shape index (κ3) is 3.12. The highest BCUT2D eigenvalue weighted by atomic mass is 19.4. The maximum atomic E-state index is 12.2. The van der Waals surface area contributed by atoms with E-state index in [1.807, 2.05) is 0 Å². The Kier molecular flexibility index (Phi) is 3.09. The molecule has 0 bridgehead atoms. The molecule has 0 saturated carbocycles. The highest BCUT2D eigenvalue weighted by Crippen LogP contribution is 2.27. The highest BCUT2D eigenvalue weighted by molar-refractivity contribution is 5.35. The molecule has 8 heteroatoms. The molecule has 0 atom stereocenters. The van der Waals surface area contributed by atoms with Crippen molar-refractivity contribution < 1.29 is 22.4 Å². The fourth-order valence-corrected chi connectivity index (χ4v) is 1.39. The average molecular weight is 260 g/mol. The standard InChI is InChI=1S/C10H7F3N2O3/c11-10(12,13)17-7-4-2-1-3-6(7)5-8-14-9(16)18-15-8/h1-4H,5H2,(H,14,15,16). The van der Waals surface area contributed by atoms with Crippen molar-refractivity contribution in [3.63, 3.8) is 0 Å². The fourth-order valence-electron chi connectivity index (χ4n) is 1.39. The van der Waals surface area contributed by atoms with Crippen molar-refractivity contribution in [2.45, 2.75) is 12.8 Å². The lowest BCUT2D eigenvalue weighted by Crippen LogP contribution is -2.18. The van der Waals surface area contributed by atoms with Crippen LogP contribution in [-0.4, -0.2) is 16.5 Å². The molecule has 0 aliphatic carbocycles. The molecule has 0 radical (unpaired) electrons. The molecule has 96 valence electrons. The van der Waals surface area contributed by atoms with E-state index in [0.29, 0.717) is 0 Å². The van der Waals surface area contributed by atoms with E-state index in [-0.39, 0.29) is 23.6 Å². The van der Waals surface area contributed by atoms with Crippen LogP contribution in [0.15, 0.2) is 33.6 Å². The Morgan fingerprint density at radius 3 is 2.67 bits per heavy atom. The van der Waals surface area contributed by atoms with E-state index in [0.717, 1.165) is 0 Å². The zero-order valence-corrected chi connectivity index (χ0v) is 8.82. The summed E-state index contributed by atoms with van der Waals surface area (Å²) >= 11 is 0. The van der Waals surface area contributed by atoms with E-state index < -0.39 is 12.1 Å². The molecule has 1 aromatic carbocycles. The topological polar surface area (TPSA) is 68.1 Å². The van der Waals surface area contributed by atoms with Gasteiger partial charge in [0.25, 0.3) is 0 Å². The third-order valence-electron chi connectivity index (χ3n) is 2.04. The minimum atomic E-state index is -4.77. The number of rotatable bonds is 3. The lowest BCUT2D eigenvalue weighted by molar-refractivity contribution is -0.274. The van der Waals surface area contributed by atoms with Gasteiger partial charge in [0.15, 0.2) is 5.82 Å². The van der Waals surface area contributed by atoms with Crippen LogP contribution < -0.4 is 10.5 Å². The number of ether oxygens (including phenoxy) is 1. The lowest BCUT2D eigenvalue weighted by atomic mass is 10.1. The second-order valence-electron chi connectivity index (χ2n) is 3.37. The van der Waals surface area contributed by atoms with Crippen LogP contribution in [0.2, 0.25) is 0 Å². The van der Waals surface area contributed by atoms with Gasteiger partial charge in [-0.1, -0.05) is 23.4 Å². The van der Waals surface area contributed by atoms with Gasteiger partial charge in [-0.05, 0) is 6.07 Å². The SMILES string of the molecule is O=c1[nH]c(Cc2ccccc2OC(F)(F)F)no1. The third-order valence-corrected chi connectivity index (χ3v) is 2.04. The largest absolute Gasteiger partial charge is 0.573 e. The van der Waals surface area contributed by atoms with Crippen molar-refractivity contribution in [1.82, 2.24) is 10.1 Å². The Labute approximate surface area is 98.2 Å². The predicted molar refractivity (Wildman–Crippen MR) is 53.1 cm³/mol. The number of nitrogens with zero attached hydrogens (tertiary/aromatic N) is 1. The van der Waals surface area contributed by atoms with Gasteiger partial charge >= 0.3 is 12.1 Å². The molecule has 2 aromatic rings. The molecule has 1 aromatic heterocycles. The summed E-state index contributed by atoms with van der Waals surface area (Å²) in [5, 5.41) is 3.37. The molecule has 0 saturated heterocycles. The summed E-state index contributed by atoms with van der Waals surface area (Å²) in [7, 11) is 0. The quantitative estimate of drug-likeness (QED) is 0.914. The molecule has 18 heavy (non-hydrogen) atoms. The second kappa shape index (κ2) is 4.55. The molecule has 0 unspecified atom stereocenters. The first kappa shape index (κ1) is 12.2. The normalized spacial score (nSPS) is 11.5. The summed E-state index contributed by atoms with van der Waals surface area (Å²) in [6.07, 6.45) is -4.80. The van der Waals surface area contributed by atoms with E-state index in [2.05, 4.69) is 19.4 Å². The van der Waals surface area contributed by atoms with Crippen LogP contribution in [-0.2, 0) is 6.42 Å². The Bertz CT molecular complexity index is 588. The van der Waals surface area contributed by atoms with Crippen molar-refractivity contribution in [3.8, 4) is 5.75 Å². The Morgan fingerprint density at radius 1 is 1.33 bits per heavy atom. The first-order valence-corrected chi connectivity index (χ1v) is 4.82. The van der Waals surface area contributed by atoms with Crippen LogP contribution in [0.5, 0.6) is 5.75 Å². The molecule has 0 amide bonds. The van der Waals surface area contributed by atoms with Crippen molar-refractivity contribution >= 4 is 0 Å². The molecule has 0 spiro atoms. The van der Waals surface area contributed by atoms with E-state index in [9.17, 15) is 18.0 Å². The monoisotopic (exact) mass is 260 g/mol. The van der Waals surface area contributed by atoms with Gasteiger partial charge in [-0.3, -0.25) is 9.51 Å². The lowest BCUT2D eigenvalue weighted by Gasteiger charge is -2.11. The maximum Gasteiger partial charge on any atom is 0.573 e. The summed E-state index contributed by atoms with van der Waals surface area (Å²) in [6.45, 7) is 0. The number of nitrogens with one attached hydrogen (secondary N) is 1. The molecular weight excluding hydrogens is 253 g/mol. The van der Waals surface area contributed by atoms with Crippen molar-refractivity contribution in [2.75, 3.05) is 0 Å². The number of hydrogen-bond donors (Lipinski definition) is 1. The number of alkyl halides is 3. The molecule has 0 fully saturated rings. The van der Waals surface area contributed by atoms with Gasteiger partial charge in [0, 0.05) is 12.0 Å². The van der Waals surface area contributed by atoms with Crippen molar-refractivity contribution in [1.29, 1.82) is 0 Å². The summed E-state index contributed by atoms with van der Waals surface area (Å²) in [6, 6.07) is 5.59. The van der Waals surface area contributed by atoms with E-state index in [1.54, 1.807) is 6.07 Å². The number of aromatic amines is 1. The van der Waals surface area contributed by atoms with Crippen LogP contribution in [0.4, 0.5) is 13.2 Å². The van der Waals surface area contributed by atoms with Crippen LogP contribution in [0, 0.1) is 0 Å². The molecule has 0 aliphatic rings. The first-order chi connectivity index (χ1) is 8.44. The molecule has 1 heterocycles. The zero-order valence-electron chi connectivity index (χ0n) is 8.82. The van der Waals surface area contributed by atoms with Crippen molar-refractivity contribution in [3.05, 3.63) is 46.2 Å². The van der Waals surface area contributed by atoms with Crippen LogP contribution in [0.3, 0.4) is 0 Å². The number of hydrogen-bond acceptors (Lipinski definition) is 4. The molecular formula is C10H7F3N2O3. The Balaban J connectivity index is 2.25. The zero-order chi connectivity index (χ0) is 13.2. The van der Waals surface area contributed by atoms with Gasteiger partial charge in [0.2, 0.25) is 0 Å². The van der Waals surface area contributed by atoms with Gasteiger partial charge in [-0.25, -0.2) is 4.79 Å². The van der Waals surface area contributed by atoms with Crippen LogP contribution in [0.1, 0.15) is 11.4 Å². The fraction of sp³-hybridized carbons (Fsp3) is 0.200. The molecule has 2 rings (SSSR count). The number of halogens is 3. The van der Waals surface area contributed by atoms with E-state index in [4.69, 9.17) is 0 Å². The van der Waals surface area contributed by atoms with Gasteiger partial charge < -0.3 is 4.74 Å². The average Bonchev–Trinajstić information content (AvgIpc) is 2.65. The maximum absolute atomic E-state index is 12.2. The molecule has 0 aliphatic heterocycles. The van der Waals surface area contributed by atoms with Crippen molar-refractivity contribution in [2.24, 2.45) is 0 Å². The molecule has 1 N–H and O–H groups in total. The number of aromatic nitrogens is 2. The summed E-state index contributed by atoms with van der Waals surface area (Å²) in [5.41, 5.74) is 0.236. The number of para-hydroxylation sites is 1. The van der Waals surface area contributed by atoms with E-state index in [1.165, 1.54) is 18.2 Å². The minimum Gasteiger partial charge on any atom is -0.405 e. The summed E-state index contributed by atoms with van der Waals surface area (Å²) in [4.78, 5) is 12.9. The van der Waals surface area contributed by atoms with E-state index >= 15 is 0 Å². The van der Waals surface area contributed by atoms with Gasteiger partial charge in [-0.2, -0.15) is 0 Å². The van der Waals surface area contributed by atoms with Gasteiger partial charge in [0.1, 0.15) is 5.75 Å². The van der Waals surface area contributed by atoms with Crippen LogP contribution >= 0.6 is 0 Å². The Morgan fingerprint density at radius 2 is 2.06 bits per heavy atom. The van der Waals surface area contributed by atoms with Gasteiger partial charge in [-0.15, -0.1) is 13.2 Å². The van der Waals surface area contributed by atoms with Gasteiger partial charge in [0.05, 0.1) is 0 Å². The highest BCUT2D eigenvalue weighted by Gasteiger charge is 2.32.